The molecule has 24 heavy (non-hydrogen) atoms. The maximum atomic E-state index is 12.1. The van der Waals surface area contributed by atoms with E-state index in [1.807, 2.05) is 0 Å². The molecule has 1 heterocycles. The number of hydrogen-bond donors (Lipinski definition) is 2. The Kier molecular flexibility index (Phi) is 5.91. The molecule has 0 saturated carbocycles. The van der Waals surface area contributed by atoms with Crippen molar-refractivity contribution >= 4 is 27.7 Å². The van der Waals surface area contributed by atoms with Gasteiger partial charge in [-0.25, -0.2) is 18.2 Å². The SMILES string of the molecule is CC(Sc1nnnn1C)C(=O)NCCc1ccc(S(N)(=O)=O)cc1. The number of benzene rings is 1. The van der Waals surface area contributed by atoms with Crippen molar-refractivity contribution in [2.75, 3.05) is 6.54 Å². The Morgan fingerprint density at radius 3 is 2.58 bits per heavy atom. The maximum absolute atomic E-state index is 12.1. The minimum absolute atomic E-state index is 0.0672. The molecule has 0 saturated heterocycles. The Morgan fingerprint density at radius 1 is 1.38 bits per heavy atom. The fourth-order valence-corrected chi connectivity index (χ4v) is 3.15. The highest BCUT2D eigenvalue weighted by Crippen LogP contribution is 2.19. The Balaban J connectivity index is 1.81. The summed E-state index contributed by atoms with van der Waals surface area (Å²) < 4.78 is 23.9. The number of carbonyl (C=O) groups excluding carboxylic acids is 1. The molecule has 0 aliphatic heterocycles. The number of tetrazole rings is 1. The molecule has 1 atom stereocenters. The number of hydrogen-bond acceptors (Lipinski definition) is 7. The second-order valence-corrected chi connectivity index (χ2v) is 7.94. The molecule has 130 valence electrons. The van der Waals surface area contributed by atoms with E-state index < -0.39 is 10.0 Å². The van der Waals surface area contributed by atoms with Gasteiger partial charge in [-0.15, -0.1) is 5.10 Å². The van der Waals surface area contributed by atoms with Crippen LogP contribution in [0.3, 0.4) is 0 Å². The van der Waals surface area contributed by atoms with Crippen molar-refractivity contribution in [3.63, 3.8) is 0 Å². The van der Waals surface area contributed by atoms with Crippen LogP contribution in [0.5, 0.6) is 0 Å². The predicted molar refractivity (Wildman–Crippen MR) is 88.6 cm³/mol. The van der Waals surface area contributed by atoms with Gasteiger partial charge in [0.2, 0.25) is 21.1 Å². The lowest BCUT2D eigenvalue weighted by Gasteiger charge is -2.11. The predicted octanol–water partition coefficient (Wildman–Crippen LogP) is -0.303. The number of sulfonamides is 1. The van der Waals surface area contributed by atoms with Gasteiger partial charge in [0.15, 0.2) is 0 Å². The van der Waals surface area contributed by atoms with Crippen LogP contribution >= 0.6 is 11.8 Å². The van der Waals surface area contributed by atoms with E-state index in [4.69, 9.17) is 5.14 Å². The number of nitrogens with zero attached hydrogens (tertiary/aromatic N) is 4. The monoisotopic (exact) mass is 370 g/mol. The standard InChI is InChI=1S/C13H18N6O3S2/c1-9(23-13-16-17-18-19(13)2)12(20)15-8-7-10-3-5-11(6-4-10)24(14,21)22/h3-6,9H,7-8H2,1-2H3,(H,15,20)(H2,14,21,22). The average molecular weight is 370 g/mol. The summed E-state index contributed by atoms with van der Waals surface area (Å²) >= 11 is 1.27. The molecular weight excluding hydrogens is 352 g/mol. The molecule has 0 fully saturated rings. The first-order valence-corrected chi connectivity index (χ1v) is 9.48. The summed E-state index contributed by atoms with van der Waals surface area (Å²) in [5.74, 6) is -0.121. The molecule has 0 aliphatic rings. The lowest BCUT2D eigenvalue weighted by molar-refractivity contribution is -0.120. The van der Waals surface area contributed by atoms with E-state index >= 15 is 0 Å². The summed E-state index contributed by atoms with van der Waals surface area (Å²) in [5.41, 5.74) is 0.903. The number of nitrogens with one attached hydrogen (secondary N) is 1. The molecule has 2 aromatic rings. The third kappa shape index (κ3) is 5.01. The molecule has 3 N–H and O–H groups in total. The molecule has 0 radical (unpaired) electrons. The number of aromatic nitrogens is 4. The highest BCUT2D eigenvalue weighted by Gasteiger charge is 2.17. The van der Waals surface area contributed by atoms with Crippen LogP contribution in [-0.4, -0.2) is 46.3 Å². The molecule has 0 aliphatic carbocycles. The number of rotatable bonds is 7. The van der Waals surface area contributed by atoms with Gasteiger partial charge < -0.3 is 5.32 Å². The van der Waals surface area contributed by atoms with E-state index in [2.05, 4.69) is 20.8 Å². The first-order chi connectivity index (χ1) is 11.3. The van der Waals surface area contributed by atoms with E-state index in [1.54, 1.807) is 26.1 Å². The molecule has 0 spiro atoms. The fraction of sp³-hybridized carbons (Fsp3) is 0.385. The minimum atomic E-state index is -3.68. The van der Waals surface area contributed by atoms with Gasteiger partial charge >= 0.3 is 0 Å². The summed E-state index contributed by atoms with van der Waals surface area (Å²) in [6, 6.07) is 6.25. The smallest absolute Gasteiger partial charge is 0.238 e. The number of thioether (sulfide) groups is 1. The van der Waals surface area contributed by atoms with Gasteiger partial charge in [-0.1, -0.05) is 23.9 Å². The van der Waals surface area contributed by atoms with Gasteiger partial charge in [0.1, 0.15) is 0 Å². The molecule has 1 unspecified atom stereocenters. The van der Waals surface area contributed by atoms with Crippen molar-refractivity contribution in [3.8, 4) is 0 Å². The van der Waals surface area contributed by atoms with E-state index in [9.17, 15) is 13.2 Å². The van der Waals surface area contributed by atoms with Crippen molar-refractivity contribution in [1.82, 2.24) is 25.5 Å². The maximum Gasteiger partial charge on any atom is 0.238 e. The Morgan fingerprint density at radius 2 is 2.04 bits per heavy atom. The van der Waals surface area contributed by atoms with Crippen LogP contribution in [0.15, 0.2) is 34.3 Å². The van der Waals surface area contributed by atoms with Crippen LogP contribution in [0, 0.1) is 0 Å². The Labute approximate surface area is 144 Å². The van der Waals surface area contributed by atoms with Crippen molar-refractivity contribution < 1.29 is 13.2 Å². The van der Waals surface area contributed by atoms with Gasteiger partial charge in [-0.05, 0) is 41.5 Å². The van der Waals surface area contributed by atoms with Crippen LogP contribution in [0.4, 0.5) is 0 Å². The van der Waals surface area contributed by atoms with E-state index in [0.29, 0.717) is 18.1 Å². The number of amides is 1. The summed E-state index contributed by atoms with van der Waals surface area (Å²) in [6.07, 6.45) is 0.583. The van der Waals surface area contributed by atoms with Crippen molar-refractivity contribution in [2.45, 2.75) is 28.6 Å². The largest absolute Gasteiger partial charge is 0.355 e. The number of carbonyl (C=O) groups is 1. The van der Waals surface area contributed by atoms with Crippen LogP contribution in [0.2, 0.25) is 0 Å². The van der Waals surface area contributed by atoms with Gasteiger partial charge in [0.25, 0.3) is 0 Å². The normalized spacial score (nSPS) is 12.8. The van der Waals surface area contributed by atoms with E-state index in [0.717, 1.165) is 5.56 Å². The van der Waals surface area contributed by atoms with Crippen LogP contribution in [0.25, 0.3) is 0 Å². The Bertz CT molecular complexity index is 803. The lowest BCUT2D eigenvalue weighted by Crippen LogP contribution is -2.32. The molecule has 1 amide bonds. The zero-order chi connectivity index (χ0) is 17.7. The summed E-state index contributed by atoms with van der Waals surface area (Å²) in [7, 11) is -1.98. The van der Waals surface area contributed by atoms with Gasteiger partial charge in [0.05, 0.1) is 10.1 Å². The van der Waals surface area contributed by atoms with Crippen LogP contribution in [0.1, 0.15) is 12.5 Å². The van der Waals surface area contributed by atoms with Gasteiger partial charge in [-0.2, -0.15) is 0 Å². The summed E-state index contributed by atoms with van der Waals surface area (Å²) in [6.45, 7) is 2.21. The quantitative estimate of drug-likeness (QED) is 0.639. The number of primary sulfonamides is 1. The molecule has 9 nitrogen and oxygen atoms in total. The van der Waals surface area contributed by atoms with Gasteiger partial charge in [0, 0.05) is 13.6 Å². The highest BCUT2D eigenvalue weighted by atomic mass is 32.2. The summed E-state index contributed by atoms with van der Waals surface area (Å²) in [4.78, 5) is 12.1. The highest BCUT2D eigenvalue weighted by molar-refractivity contribution is 8.00. The van der Waals surface area contributed by atoms with Crippen molar-refractivity contribution in [1.29, 1.82) is 0 Å². The van der Waals surface area contributed by atoms with E-state index in [1.165, 1.54) is 28.6 Å². The van der Waals surface area contributed by atoms with Crippen LogP contribution in [-0.2, 0) is 28.3 Å². The zero-order valence-corrected chi connectivity index (χ0v) is 14.8. The molecular formula is C13H18N6O3S2. The third-order valence-corrected chi connectivity index (χ3v) is 5.25. The summed E-state index contributed by atoms with van der Waals surface area (Å²) in [5, 5.41) is 19.1. The first kappa shape index (κ1) is 18.4. The van der Waals surface area contributed by atoms with Crippen molar-refractivity contribution in [3.05, 3.63) is 29.8 Å². The zero-order valence-electron chi connectivity index (χ0n) is 13.2. The van der Waals surface area contributed by atoms with E-state index in [-0.39, 0.29) is 16.1 Å². The van der Waals surface area contributed by atoms with Gasteiger partial charge in [-0.3, -0.25) is 4.79 Å². The molecule has 1 aromatic heterocycles. The first-order valence-electron chi connectivity index (χ1n) is 7.06. The fourth-order valence-electron chi connectivity index (χ4n) is 1.85. The second-order valence-electron chi connectivity index (χ2n) is 5.08. The third-order valence-electron chi connectivity index (χ3n) is 3.20. The van der Waals surface area contributed by atoms with Crippen molar-refractivity contribution in [2.24, 2.45) is 12.2 Å². The lowest BCUT2D eigenvalue weighted by atomic mass is 10.1. The molecule has 2 rings (SSSR count). The molecule has 0 bridgehead atoms. The number of aryl methyl sites for hydroxylation is 1. The molecule has 1 aromatic carbocycles. The second kappa shape index (κ2) is 7.73. The number of nitrogens with two attached hydrogens (primary N) is 1. The molecule has 11 heteroatoms. The average Bonchev–Trinajstić information content (AvgIpc) is 2.92. The minimum Gasteiger partial charge on any atom is -0.355 e. The van der Waals surface area contributed by atoms with Crippen LogP contribution < -0.4 is 10.5 Å². The topological polar surface area (TPSA) is 133 Å². The Hall–Kier alpha value is -1.98.